The Bertz CT molecular complexity index is 5870. The minimum absolute atomic E-state index is 0. The van der Waals surface area contributed by atoms with E-state index in [0.717, 1.165) is 106 Å². The molecule has 0 aliphatic heterocycles. The van der Waals surface area contributed by atoms with Crippen molar-refractivity contribution in [2.75, 3.05) is 0 Å². The fraction of sp³-hybridized carbons (Fsp3) is 0.0625. The van der Waals surface area contributed by atoms with E-state index in [0.29, 0.717) is 17.1 Å². The molecule has 18 rings (SSSR count). The van der Waals surface area contributed by atoms with Gasteiger partial charge < -0.3 is 10.0 Å². The van der Waals surface area contributed by atoms with E-state index < -0.39 is 7.12 Å². The fourth-order valence-corrected chi connectivity index (χ4v) is 14.8. The van der Waals surface area contributed by atoms with Gasteiger partial charge in [-0.3, -0.25) is 9.97 Å². The average molecular weight is 1540 g/mol. The third kappa shape index (κ3) is 16.2. The second-order valence-electron chi connectivity index (χ2n) is 27.8. The first-order valence-corrected chi connectivity index (χ1v) is 39.0. The van der Waals surface area contributed by atoms with Crippen LogP contribution in [0.4, 0.5) is 0 Å². The molecule has 2 aliphatic rings. The van der Waals surface area contributed by atoms with Crippen LogP contribution in [0.25, 0.3) is 146 Å². The number of benzene rings is 12. The Hall–Kier alpha value is -10.7. The summed E-state index contributed by atoms with van der Waals surface area (Å²) in [6, 6.07) is 113. The third-order valence-electron chi connectivity index (χ3n) is 20.4. The minimum atomic E-state index is -1.41. The number of pyridine rings is 2. The quantitative estimate of drug-likeness (QED) is 0.0917. The Morgan fingerprint density at radius 1 is 0.275 bits per heavy atom. The molecule has 0 spiro atoms. The van der Waals surface area contributed by atoms with Gasteiger partial charge in [-0.25, -0.2) is 19.9 Å². The van der Waals surface area contributed by atoms with Crippen molar-refractivity contribution in [2.24, 2.45) is 0 Å². The second kappa shape index (κ2) is 33.5. The van der Waals surface area contributed by atoms with Gasteiger partial charge >= 0.3 is 7.12 Å². The van der Waals surface area contributed by atoms with Crippen molar-refractivity contribution in [1.29, 1.82) is 0 Å². The Kier molecular flexibility index (Phi) is 23.1. The molecule has 12 aromatic carbocycles. The van der Waals surface area contributed by atoms with Gasteiger partial charge in [0.25, 0.3) is 0 Å². The summed E-state index contributed by atoms with van der Waals surface area (Å²) in [5.41, 5.74) is 31.8. The Morgan fingerprint density at radius 2 is 0.587 bits per heavy atom. The summed E-state index contributed by atoms with van der Waals surface area (Å²) < 4.78 is 0. The molecular formula is C96H76BClN6O2P2Y. The zero-order valence-corrected chi connectivity index (χ0v) is 66.7. The number of nitrogens with zero attached hydrogens (tertiary/aromatic N) is 6. The maximum absolute atomic E-state index is 9.30. The Balaban J connectivity index is 0.000000149. The van der Waals surface area contributed by atoms with Gasteiger partial charge in [-0.2, -0.15) is 0 Å². The van der Waals surface area contributed by atoms with Gasteiger partial charge in [-0.1, -0.05) is 318 Å². The van der Waals surface area contributed by atoms with Gasteiger partial charge in [0.15, 0.2) is 11.6 Å². The van der Waals surface area contributed by atoms with Gasteiger partial charge in [-0.15, -0.1) is 17.9 Å². The van der Waals surface area contributed by atoms with Crippen molar-refractivity contribution in [3.63, 3.8) is 0 Å². The Labute approximate surface area is 673 Å². The SMILES string of the molecule is CC1(C)c2ccccc2-c2ccc(-c3cccc(-c4ccc(-c5cc(-c6ccc(-c7cccnc7)cc6)nc(-c6ccccc6)n5)cc4)c3)cc21.CC1(C)c2ccccc2-c2ccc(B(O)O)cc21.Clc1cccc(-c2ccc(-c3cc(-c4ccc(-c5cccnc5)cc4)nc(-c4ccccc4)n3)cc2)c1.PP.[Y]. The van der Waals surface area contributed by atoms with E-state index in [-0.39, 0.29) is 43.5 Å². The van der Waals surface area contributed by atoms with E-state index in [1.807, 2.05) is 116 Å². The van der Waals surface area contributed by atoms with Gasteiger partial charge in [0.2, 0.25) is 0 Å². The number of fused-ring (bicyclic) bond motifs is 6. The van der Waals surface area contributed by atoms with Crippen molar-refractivity contribution in [3.8, 4) is 146 Å². The first-order valence-electron chi connectivity index (χ1n) is 35.9. The molecule has 525 valence electrons. The smallest absolute Gasteiger partial charge is 0.423 e. The van der Waals surface area contributed by atoms with E-state index >= 15 is 0 Å². The van der Waals surface area contributed by atoms with Crippen LogP contribution in [0, 0.1) is 0 Å². The first kappa shape index (κ1) is 75.2. The first-order chi connectivity index (χ1) is 52.7. The van der Waals surface area contributed by atoms with Crippen molar-refractivity contribution < 1.29 is 42.8 Å². The van der Waals surface area contributed by atoms with Gasteiger partial charge in [0.05, 0.1) is 22.8 Å². The number of hydrogen-bond acceptors (Lipinski definition) is 8. The summed E-state index contributed by atoms with van der Waals surface area (Å²) in [5, 5.41) is 19.3. The Morgan fingerprint density at radius 3 is 0.991 bits per heavy atom. The summed E-state index contributed by atoms with van der Waals surface area (Å²) in [7, 11) is 3.26. The molecule has 4 aromatic heterocycles. The van der Waals surface area contributed by atoms with Gasteiger partial charge in [-0.05, 0) is 154 Å². The molecule has 8 nitrogen and oxygen atoms in total. The molecule has 2 unspecified atom stereocenters. The maximum atomic E-state index is 9.30. The molecule has 16 aromatic rings. The number of hydrogen-bond donors (Lipinski definition) is 2. The van der Waals surface area contributed by atoms with Crippen LogP contribution in [-0.4, -0.2) is 47.1 Å². The van der Waals surface area contributed by atoms with Crippen LogP contribution in [0.3, 0.4) is 0 Å². The van der Waals surface area contributed by atoms with E-state index in [4.69, 9.17) is 31.5 Å². The minimum Gasteiger partial charge on any atom is -0.423 e. The van der Waals surface area contributed by atoms with Crippen molar-refractivity contribution in [3.05, 3.63) is 380 Å². The van der Waals surface area contributed by atoms with E-state index in [1.165, 1.54) is 55.6 Å². The molecule has 0 bridgehead atoms. The molecule has 2 N–H and O–H groups in total. The van der Waals surface area contributed by atoms with Crippen LogP contribution in [0.5, 0.6) is 0 Å². The molecule has 13 heteroatoms. The van der Waals surface area contributed by atoms with E-state index in [9.17, 15) is 10.0 Å². The van der Waals surface area contributed by atoms with E-state index in [1.54, 1.807) is 18.5 Å². The zero-order chi connectivity index (χ0) is 74.3. The molecule has 0 saturated heterocycles. The molecule has 0 amide bonds. The molecule has 2 aliphatic carbocycles. The number of aromatic nitrogens is 6. The number of rotatable bonds is 12. The molecule has 4 heterocycles. The molecule has 2 atom stereocenters. The van der Waals surface area contributed by atoms with Crippen molar-refractivity contribution in [2.45, 2.75) is 38.5 Å². The van der Waals surface area contributed by atoms with Crippen molar-refractivity contribution >= 4 is 42.0 Å². The zero-order valence-electron chi connectivity index (χ0n) is 60.8. The topological polar surface area (TPSA) is 118 Å². The van der Waals surface area contributed by atoms with Crippen LogP contribution in [-0.2, 0) is 43.5 Å². The van der Waals surface area contributed by atoms with Gasteiger partial charge in [0.1, 0.15) is 0 Å². The van der Waals surface area contributed by atoms with Crippen LogP contribution in [0.15, 0.2) is 352 Å². The summed E-state index contributed by atoms with van der Waals surface area (Å²) in [6.07, 6.45) is 7.34. The summed E-state index contributed by atoms with van der Waals surface area (Å²) in [5.74, 6) is 1.40. The average Bonchev–Trinajstić information content (AvgIpc) is 1.60. The van der Waals surface area contributed by atoms with Crippen molar-refractivity contribution in [1.82, 2.24) is 29.9 Å². The van der Waals surface area contributed by atoms with Crippen LogP contribution < -0.4 is 5.46 Å². The normalized spacial score (nSPS) is 12.2. The van der Waals surface area contributed by atoms with Crippen LogP contribution in [0.2, 0.25) is 5.02 Å². The fourth-order valence-electron chi connectivity index (χ4n) is 14.6. The maximum Gasteiger partial charge on any atom is 0.488 e. The third-order valence-corrected chi connectivity index (χ3v) is 20.6. The molecule has 109 heavy (non-hydrogen) atoms. The predicted molar refractivity (Wildman–Crippen MR) is 455 cm³/mol. The van der Waals surface area contributed by atoms with Crippen LogP contribution >= 0.6 is 29.5 Å². The summed E-state index contributed by atoms with van der Waals surface area (Å²) in [4.78, 5) is 28.5. The molecule has 0 fully saturated rings. The van der Waals surface area contributed by atoms with E-state index in [2.05, 4.69) is 274 Å². The molecular weight excluding hydrogens is 1470 g/mol. The largest absolute Gasteiger partial charge is 0.488 e. The van der Waals surface area contributed by atoms with Gasteiger partial charge in [0, 0.05) is 107 Å². The van der Waals surface area contributed by atoms with Crippen LogP contribution in [0.1, 0.15) is 49.9 Å². The second-order valence-corrected chi connectivity index (χ2v) is 28.3. The molecule has 0 saturated carbocycles. The predicted octanol–water partition coefficient (Wildman–Crippen LogP) is 23.4. The number of halogens is 1. The molecule has 1 radical (unpaired) electrons. The summed E-state index contributed by atoms with van der Waals surface area (Å²) in [6.45, 7) is 9.02. The monoisotopic (exact) mass is 1540 g/mol. The standard InChI is InChI=1S/C48H35N3.C33H22ClN3.C15H15BO2.H4P2.Y/c1-48(2)43-16-7-6-15-41(43)42-26-25-39(29-44(42)48)38-13-8-12-37(28-38)32-17-21-34(22-18-32)45-30-46(51-47(50-45)36-10-4-3-5-11-36)35-23-19-33(20-24-35)40-14-9-27-49-31-40;34-30-10-4-8-28(20-30)23-11-15-25(16-12-23)31-21-32(37-33(36-31)27-6-2-1-3-7-27)26-17-13-24(14-18-26)29-9-5-19-35-22-29;1-15(2)13-6-4-3-5-11(13)12-8-7-10(16(17)18)9-14(12)15;1-2;/h3-31H,1-2H3;1-22H;3-9,17-18H,1-2H3;1-2H2;. The summed E-state index contributed by atoms with van der Waals surface area (Å²) >= 11 is 6.20.